The molecular formula is C31H47N3O2. The molecule has 4 rings (SSSR count). The van der Waals surface area contributed by atoms with Gasteiger partial charge in [-0.3, -0.25) is 9.80 Å². The fraction of sp³-hybridized carbons (Fsp3) is 0.613. The first-order chi connectivity index (χ1) is 17.4. The highest BCUT2D eigenvalue weighted by Crippen LogP contribution is 2.39. The molecule has 0 bridgehead atoms. The molecule has 0 saturated carbocycles. The number of hydrogen-bond acceptors (Lipinski definition) is 5. The summed E-state index contributed by atoms with van der Waals surface area (Å²) >= 11 is 0. The Balaban J connectivity index is 1.31. The van der Waals surface area contributed by atoms with E-state index in [1.165, 1.54) is 23.1 Å². The molecule has 2 saturated heterocycles. The van der Waals surface area contributed by atoms with Crippen LogP contribution in [0.15, 0.2) is 54.6 Å². The molecule has 0 aromatic heterocycles. The fourth-order valence-corrected chi connectivity index (χ4v) is 6.19. The lowest BCUT2D eigenvalue weighted by atomic mass is 9.77. The third kappa shape index (κ3) is 7.17. The van der Waals surface area contributed by atoms with Crippen molar-refractivity contribution in [1.82, 2.24) is 15.1 Å². The highest BCUT2D eigenvalue weighted by atomic mass is 16.5. The van der Waals surface area contributed by atoms with Crippen molar-refractivity contribution < 1.29 is 9.47 Å². The van der Waals surface area contributed by atoms with E-state index >= 15 is 0 Å². The first kappa shape index (κ1) is 27.3. The van der Waals surface area contributed by atoms with Crippen LogP contribution in [0, 0.1) is 0 Å². The summed E-state index contributed by atoms with van der Waals surface area (Å²) in [4.78, 5) is 5.39. The maximum atomic E-state index is 6.41. The van der Waals surface area contributed by atoms with Gasteiger partial charge in [-0.1, -0.05) is 61.5 Å². The Hall–Kier alpha value is -1.76. The molecule has 5 heteroatoms. The fourth-order valence-electron chi connectivity index (χ4n) is 6.19. The molecule has 1 N–H and O–H groups in total. The van der Waals surface area contributed by atoms with Crippen LogP contribution >= 0.6 is 0 Å². The van der Waals surface area contributed by atoms with Crippen LogP contribution in [0.4, 0.5) is 0 Å². The van der Waals surface area contributed by atoms with Crippen LogP contribution in [0.25, 0.3) is 0 Å². The number of benzene rings is 2. The first-order valence-corrected chi connectivity index (χ1v) is 13.9. The van der Waals surface area contributed by atoms with Crippen LogP contribution in [0.5, 0.6) is 0 Å². The van der Waals surface area contributed by atoms with Gasteiger partial charge < -0.3 is 14.8 Å². The molecule has 2 atom stereocenters. The highest BCUT2D eigenvalue weighted by molar-refractivity contribution is 5.23. The number of nitrogens with one attached hydrogen (secondary N) is 1. The normalized spacial score (nSPS) is 24.0. The lowest BCUT2D eigenvalue weighted by Crippen LogP contribution is -2.61. The zero-order chi connectivity index (χ0) is 25.4. The zero-order valence-electron chi connectivity index (χ0n) is 23.0. The van der Waals surface area contributed by atoms with Gasteiger partial charge in [0.05, 0.1) is 18.3 Å². The summed E-state index contributed by atoms with van der Waals surface area (Å²) < 4.78 is 12.5. The van der Waals surface area contributed by atoms with Crippen LogP contribution in [-0.4, -0.2) is 67.3 Å². The van der Waals surface area contributed by atoms with E-state index in [1.54, 1.807) is 0 Å². The summed E-state index contributed by atoms with van der Waals surface area (Å²) in [6.45, 7) is 14.9. The Labute approximate surface area is 219 Å². The third-order valence-electron chi connectivity index (χ3n) is 8.19. The van der Waals surface area contributed by atoms with Gasteiger partial charge in [-0.2, -0.15) is 0 Å². The van der Waals surface area contributed by atoms with Crippen molar-refractivity contribution in [2.24, 2.45) is 0 Å². The Morgan fingerprint density at radius 2 is 1.75 bits per heavy atom. The minimum atomic E-state index is -0.0134. The van der Waals surface area contributed by atoms with E-state index in [0.29, 0.717) is 12.1 Å². The summed E-state index contributed by atoms with van der Waals surface area (Å²) in [7, 11) is 2.00. The van der Waals surface area contributed by atoms with E-state index in [-0.39, 0.29) is 11.7 Å². The van der Waals surface area contributed by atoms with Gasteiger partial charge in [0.2, 0.25) is 0 Å². The Bertz CT molecular complexity index is 926. The molecular weight excluding hydrogens is 446 g/mol. The van der Waals surface area contributed by atoms with E-state index in [0.717, 1.165) is 65.1 Å². The Kier molecular flexibility index (Phi) is 9.59. The largest absolute Gasteiger partial charge is 0.375 e. The second-order valence-corrected chi connectivity index (χ2v) is 11.3. The van der Waals surface area contributed by atoms with Crippen LogP contribution in [0.3, 0.4) is 0 Å². The average molecular weight is 494 g/mol. The molecule has 0 spiro atoms. The van der Waals surface area contributed by atoms with Crippen molar-refractivity contribution in [3.63, 3.8) is 0 Å². The first-order valence-electron chi connectivity index (χ1n) is 13.9. The van der Waals surface area contributed by atoms with Crippen molar-refractivity contribution in [2.45, 2.75) is 76.9 Å². The van der Waals surface area contributed by atoms with Gasteiger partial charge in [0.25, 0.3) is 0 Å². The van der Waals surface area contributed by atoms with Crippen molar-refractivity contribution in [2.75, 3.05) is 46.4 Å². The highest BCUT2D eigenvalue weighted by Gasteiger charge is 2.44. The summed E-state index contributed by atoms with van der Waals surface area (Å²) in [5.74, 6) is 0. The van der Waals surface area contributed by atoms with E-state index in [1.807, 2.05) is 7.05 Å². The molecule has 2 fully saturated rings. The second kappa shape index (κ2) is 12.7. The number of ether oxygens (including phenoxy) is 2. The topological polar surface area (TPSA) is 37.0 Å². The Morgan fingerprint density at radius 1 is 1.00 bits per heavy atom. The molecule has 0 unspecified atom stereocenters. The monoisotopic (exact) mass is 493 g/mol. The standard InChI is InChI=1S/C31H47N3O2/c1-5-31(15-21-36-30(2,3)25-31)34-19-17-33(18-20-34)23-26-10-9-11-27(22-26)24-35-29(14-16-32-4)28-12-7-6-8-13-28/h6-13,22,29,32H,5,14-21,23-25H2,1-4H3/t29-,31+/m1/s1. The van der Waals surface area contributed by atoms with Gasteiger partial charge in [-0.15, -0.1) is 0 Å². The molecule has 2 heterocycles. The summed E-state index contributed by atoms with van der Waals surface area (Å²) in [5, 5.41) is 3.26. The van der Waals surface area contributed by atoms with Crippen LogP contribution in [-0.2, 0) is 22.6 Å². The summed E-state index contributed by atoms with van der Waals surface area (Å²) in [6, 6.07) is 19.6. The quantitative estimate of drug-likeness (QED) is 0.453. The van der Waals surface area contributed by atoms with Crippen molar-refractivity contribution in [3.05, 3.63) is 71.3 Å². The van der Waals surface area contributed by atoms with Crippen LogP contribution < -0.4 is 5.32 Å². The number of nitrogens with zero attached hydrogens (tertiary/aromatic N) is 2. The van der Waals surface area contributed by atoms with Gasteiger partial charge >= 0.3 is 0 Å². The van der Waals surface area contributed by atoms with E-state index in [2.05, 4.69) is 90.5 Å². The molecule has 2 aromatic carbocycles. The predicted octanol–water partition coefficient (Wildman–Crippen LogP) is 5.41. The zero-order valence-corrected chi connectivity index (χ0v) is 23.0. The second-order valence-electron chi connectivity index (χ2n) is 11.3. The molecule has 0 aliphatic carbocycles. The number of rotatable bonds is 11. The summed E-state index contributed by atoms with van der Waals surface area (Å²) in [6.07, 6.45) is 4.58. The van der Waals surface area contributed by atoms with Gasteiger partial charge in [0.15, 0.2) is 0 Å². The third-order valence-corrected chi connectivity index (χ3v) is 8.19. The molecule has 2 aliphatic heterocycles. The van der Waals surface area contributed by atoms with Crippen molar-refractivity contribution >= 4 is 0 Å². The van der Waals surface area contributed by atoms with Gasteiger partial charge in [0, 0.05) is 44.9 Å². The maximum absolute atomic E-state index is 6.41. The van der Waals surface area contributed by atoms with E-state index in [4.69, 9.17) is 9.47 Å². The molecule has 5 nitrogen and oxygen atoms in total. The van der Waals surface area contributed by atoms with E-state index in [9.17, 15) is 0 Å². The van der Waals surface area contributed by atoms with Gasteiger partial charge in [0.1, 0.15) is 0 Å². The number of hydrogen-bond donors (Lipinski definition) is 1. The lowest BCUT2D eigenvalue weighted by molar-refractivity contribution is -0.128. The summed E-state index contributed by atoms with van der Waals surface area (Å²) in [5.41, 5.74) is 4.17. The molecule has 36 heavy (non-hydrogen) atoms. The molecule has 2 aliphatic rings. The number of piperazine rings is 1. The smallest absolute Gasteiger partial charge is 0.0841 e. The van der Waals surface area contributed by atoms with E-state index < -0.39 is 0 Å². The van der Waals surface area contributed by atoms with Crippen LogP contribution in [0.1, 0.15) is 69.2 Å². The van der Waals surface area contributed by atoms with Gasteiger partial charge in [-0.25, -0.2) is 0 Å². The Morgan fingerprint density at radius 3 is 2.44 bits per heavy atom. The molecule has 2 aromatic rings. The SMILES string of the molecule is CC[C@]1(N2CCN(Cc3cccc(CO[C@H](CCNC)c4ccccc4)c3)CC2)CCOC(C)(C)C1. The molecule has 0 radical (unpaired) electrons. The van der Waals surface area contributed by atoms with Crippen molar-refractivity contribution in [3.8, 4) is 0 Å². The van der Waals surface area contributed by atoms with Crippen LogP contribution in [0.2, 0.25) is 0 Å². The molecule has 0 amide bonds. The minimum absolute atomic E-state index is 0.0134. The minimum Gasteiger partial charge on any atom is -0.375 e. The predicted molar refractivity (Wildman–Crippen MR) is 148 cm³/mol. The van der Waals surface area contributed by atoms with Gasteiger partial charge in [-0.05, 0) is 69.8 Å². The lowest BCUT2D eigenvalue weighted by Gasteiger charge is -2.53. The maximum Gasteiger partial charge on any atom is 0.0841 e. The van der Waals surface area contributed by atoms with Crippen molar-refractivity contribution in [1.29, 1.82) is 0 Å². The molecule has 198 valence electrons. The average Bonchev–Trinajstić information content (AvgIpc) is 2.89.